The van der Waals surface area contributed by atoms with Crippen molar-refractivity contribution in [1.29, 1.82) is 0 Å². The fourth-order valence-corrected chi connectivity index (χ4v) is 5.98. The summed E-state index contributed by atoms with van der Waals surface area (Å²) >= 11 is 0. The Morgan fingerprint density at radius 1 is 0.950 bits per heavy atom. The summed E-state index contributed by atoms with van der Waals surface area (Å²) in [5, 5.41) is 0. The molecule has 210 valence electrons. The van der Waals surface area contributed by atoms with Gasteiger partial charge in [-0.15, -0.1) is 0 Å². The van der Waals surface area contributed by atoms with Crippen molar-refractivity contribution in [2.75, 3.05) is 51.5 Å². The smallest absolute Gasteiger partial charge is 0.254 e. The number of hydrogen-bond donors (Lipinski definition) is 0. The van der Waals surface area contributed by atoms with E-state index in [0.29, 0.717) is 24.4 Å². The molecular formula is C33H38N2O5. The van der Waals surface area contributed by atoms with Crippen molar-refractivity contribution in [3.63, 3.8) is 0 Å². The van der Waals surface area contributed by atoms with Crippen LogP contribution in [0.3, 0.4) is 0 Å². The monoisotopic (exact) mass is 542 g/mol. The number of nitrogens with zero attached hydrogens (tertiary/aromatic N) is 2. The zero-order valence-corrected chi connectivity index (χ0v) is 23.2. The van der Waals surface area contributed by atoms with Crippen molar-refractivity contribution in [3.8, 4) is 11.5 Å². The van der Waals surface area contributed by atoms with E-state index < -0.39 is 0 Å². The molecule has 7 heteroatoms. The zero-order chi connectivity index (χ0) is 27.3. The van der Waals surface area contributed by atoms with Gasteiger partial charge in [-0.2, -0.15) is 0 Å². The van der Waals surface area contributed by atoms with Gasteiger partial charge in [0, 0.05) is 56.9 Å². The van der Waals surface area contributed by atoms with E-state index >= 15 is 0 Å². The van der Waals surface area contributed by atoms with Gasteiger partial charge in [0.15, 0.2) is 11.5 Å². The molecule has 6 rings (SSSR count). The van der Waals surface area contributed by atoms with Crippen molar-refractivity contribution in [2.24, 2.45) is 0 Å². The minimum atomic E-state index is 0.00652. The summed E-state index contributed by atoms with van der Waals surface area (Å²) in [4.78, 5) is 18.0. The maximum atomic E-state index is 13.8. The molecule has 0 bridgehead atoms. The van der Waals surface area contributed by atoms with Crippen LogP contribution in [0, 0.1) is 0 Å². The summed E-state index contributed by atoms with van der Waals surface area (Å²) in [7, 11) is 1.67. The Morgan fingerprint density at radius 2 is 1.70 bits per heavy atom. The largest absolute Gasteiger partial charge is 0.493 e. The summed E-state index contributed by atoms with van der Waals surface area (Å²) < 4.78 is 23.5. The third kappa shape index (κ3) is 6.11. The summed E-state index contributed by atoms with van der Waals surface area (Å²) in [6, 6.07) is 22.5. The normalized spacial score (nSPS) is 18.9. The second kappa shape index (κ2) is 12.3. The van der Waals surface area contributed by atoms with E-state index in [1.807, 2.05) is 47.4 Å². The predicted octanol–water partition coefficient (Wildman–Crippen LogP) is 4.90. The van der Waals surface area contributed by atoms with Crippen LogP contribution >= 0.6 is 0 Å². The molecule has 0 spiro atoms. The van der Waals surface area contributed by atoms with Crippen LogP contribution in [0.2, 0.25) is 0 Å². The highest BCUT2D eigenvalue weighted by Crippen LogP contribution is 2.33. The van der Waals surface area contributed by atoms with Crippen molar-refractivity contribution in [2.45, 2.75) is 44.4 Å². The molecule has 3 aliphatic rings. The topological polar surface area (TPSA) is 60.5 Å². The molecule has 1 atom stereocenters. The Morgan fingerprint density at radius 3 is 2.38 bits per heavy atom. The minimum absolute atomic E-state index is 0.00652. The highest BCUT2D eigenvalue weighted by molar-refractivity contribution is 5.94. The number of morpholine rings is 1. The lowest BCUT2D eigenvalue weighted by Gasteiger charge is -2.29. The molecule has 40 heavy (non-hydrogen) atoms. The Balaban J connectivity index is 1.16. The first-order chi connectivity index (χ1) is 19.7. The lowest BCUT2D eigenvalue weighted by Crippen LogP contribution is -2.37. The van der Waals surface area contributed by atoms with Gasteiger partial charge in [-0.3, -0.25) is 4.79 Å². The maximum absolute atomic E-state index is 13.8. The highest BCUT2D eigenvalue weighted by atomic mass is 16.5. The molecular weight excluding hydrogens is 504 g/mol. The number of benzene rings is 3. The Labute approximate surface area is 236 Å². The van der Waals surface area contributed by atoms with E-state index in [0.717, 1.165) is 75.6 Å². The molecule has 0 aromatic heterocycles. The quantitative estimate of drug-likeness (QED) is 0.384. The number of rotatable bonds is 9. The molecule has 3 aromatic carbocycles. The van der Waals surface area contributed by atoms with Gasteiger partial charge in [0.25, 0.3) is 5.91 Å². The fraction of sp³-hybridized carbons (Fsp3) is 0.424. The molecule has 3 aromatic rings. The van der Waals surface area contributed by atoms with Gasteiger partial charge in [-0.1, -0.05) is 30.3 Å². The number of ether oxygens (including phenoxy) is 4. The third-order valence-corrected chi connectivity index (χ3v) is 8.13. The van der Waals surface area contributed by atoms with E-state index in [4.69, 9.17) is 18.9 Å². The number of methoxy groups -OCH3 is 1. The van der Waals surface area contributed by atoms with Crippen LogP contribution in [0.1, 0.15) is 39.9 Å². The molecule has 0 unspecified atom stereocenters. The summed E-state index contributed by atoms with van der Waals surface area (Å²) in [6.07, 6.45) is 3.95. The standard InChI is InChI=1S/C33H38N2O5/c1-37-32-19-24(8-13-31(32)40-30-20-26-5-2-3-6-27(26)21-30)22-35(23-29-7-4-16-39-29)33(36)25-9-11-28(12-10-25)34-14-17-38-18-15-34/h2-3,5-6,8-13,19,29-30H,4,7,14-18,20-23H2,1H3/t29-/m1/s1. The fourth-order valence-electron chi connectivity index (χ4n) is 5.98. The zero-order valence-electron chi connectivity index (χ0n) is 23.2. The maximum Gasteiger partial charge on any atom is 0.254 e. The molecule has 1 amide bonds. The molecule has 0 radical (unpaired) electrons. The third-order valence-electron chi connectivity index (χ3n) is 8.13. The second-order valence-electron chi connectivity index (χ2n) is 10.9. The van der Waals surface area contributed by atoms with Gasteiger partial charge in [-0.05, 0) is 65.9 Å². The Bertz CT molecular complexity index is 1270. The van der Waals surface area contributed by atoms with Crippen LogP contribution in [-0.2, 0) is 28.9 Å². The van der Waals surface area contributed by atoms with Crippen LogP contribution in [-0.4, -0.2) is 69.6 Å². The van der Waals surface area contributed by atoms with Crippen LogP contribution < -0.4 is 14.4 Å². The van der Waals surface area contributed by atoms with Crippen molar-refractivity contribution in [1.82, 2.24) is 4.90 Å². The number of carbonyl (C=O) groups is 1. The van der Waals surface area contributed by atoms with E-state index in [9.17, 15) is 4.79 Å². The average molecular weight is 543 g/mol. The van der Waals surface area contributed by atoms with E-state index in [1.54, 1.807) is 7.11 Å². The van der Waals surface area contributed by atoms with E-state index in [1.165, 1.54) is 11.1 Å². The molecule has 7 nitrogen and oxygen atoms in total. The van der Waals surface area contributed by atoms with Crippen LogP contribution in [0.15, 0.2) is 66.7 Å². The van der Waals surface area contributed by atoms with Crippen molar-refractivity contribution < 1.29 is 23.7 Å². The predicted molar refractivity (Wildman–Crippen MR) is 154 cm³/mol. The number of anilines is 1. The van der Waals surface area contributed by atoms with E-state index in [2.05, 4.69) is 29.2 Å². The molecule has 0 N–H and O–H groups in total. The first kappa shape index (κ1) is 26.7. The molecule has 0 saturated carbocycles. The summed E-state index contributed by atoms with van der Waals surface area (Å²) in [5.74, 6) is 1.43. The van der Waals surface area contributed by atoms with Gasteiger partial charge in [0.1, 0.15) is 6.10 Å². The van der Waals surface area contributed by atoms with Crippen LogP contribution in [0.25, 0.3) is 0 Å². The van der Waals surface area contributed by atoms with E-state index in [-0.39, 0.29) is 18.1 Å². The number of amides is 1. The number of hydrogen-bond acceptors (Lipinski definition) is 6. The van der Waals surface area contributed by atoms with Crippen molar-refractivity contribution in [3.05, 3.63) is 89.0 Å². The number of fused-ring (bicyclic) bond motifs is 1. The van der Waals surface area contributed by atoms with Gasteiger partial charge in [0.05, 0.1) is 26.4 Å². The number of carbonyl (C=O) groups excluding carboxylic acids is 1. The van der Waals surface area contributed by atoms with Crippen LogP contribution in [0.5, 0.6) is 11.5 Å². The molecule has 2 heterocycles. The SMILES string of the molecule is COc1cc(CN(C[C@H]2CCCO2)C(=O)c2ccc(N3CCOCC3)cc2)ccc1OC1Cc2ccccc2C1. The van der Waals surface area contributed by atoms with Gasteiger partial charge in [0.2, 0.25) is 0 Å². The lowest BCUT2D eigenvalue weighted by atomic mass is 10.1. The summed E-state index contributed by atoms with van der Waals surface area (Å²) in [6.45, 7) is 4.99. The molecule has 1 aliphatic carbocycles. The molecule has 2 saturated heterocycles. The molecule has 2 aliphatic heterocycles. The Hall–Kier alpha value is -3.55. The van der Waals surface area contributed by atoms with Crippen molar-refractivity contribution >= 4 is 11.6 Å². The highest BCUT2D eigenvalue weighted by Gasteiger charge is 2.26. The minimum Gasteiger partial charge on any atom is -0.493 e. The Kier molecular flexibility index (Phi) is 8.21. The van der Waals surface area contributed by atoms with Gasteiger partial charge >= 0.3 is 0 Å². The van der Waals surface area contributed by atoms with Gasteiger partial charge < -0.3 is 28.7 Å². The first-order valence-electron chi connectivity index (χ1n) is 14.4. The van der Waals surface area contributed by atoms with Gasteiger partial charge in [-0.25, -0.2) is 0 Å². The summed E-state index contributed by atoms with van der Waals surface area (Å²) in [5.41, 5.74) is 5.50. The van der Waals surface area contributed by atoms with Crippen LogP contribution in [0.4, 0.5) is 5.69 Å². The second-order valence-corrected chi connectivity index (χ2v) is 10.9. The average Bonchev–Trinajstić information content (AvgIpc) is 3.67. The molecule has 2 fully saturated rings. The lowest BCUT2D eigenvalue weighted by molar-refractivity contribution is 0.0507. The first-order valence-corrected chi connectivity index (χ1v) is 14.4.